The molecule has 1 saturated carbocycles. The molecule has 14 heteroatoms. The Labute approximate surface area is 181 Å². The average Bonchev–Trinajstić information content (AvgIpc) is 3.40. The number of aromatic amines is 2. The van der Waals surface area contributed by atoms with Crippen molar-refractivity contribution in [2.24, 2.45) is 4.99 Å². The molecule has 5 rings (SSSR count). The molecule has 0 amide bonds. The van der Waals surface area contributed by atoms with Gasteiger partial charge in [-0.25, -0.2) is 9.79 Å². The zero-order valence-electron chi connectivity index (χ0n) is 16.7. The third kappa shape index (κ3) is 4.35. The molecule has 0 unspecified atom stereocenters. The van der Waals surface area contributed by atoms with Gasteiger partial charge in [-0.3, -0.25) is 15.8 Å². The highest BCUT2D eigenvalue weighted by Gasteiger charge is 2.30. The van der Waals surface area contributed by atoms with Crippen LogP contribution in [0, 0.1) is 0 Å². The van der Waals surface area contributed by atoms with Crippen LogP contribution in [-0.2, 0) is 6.18 Å². The fraction of sp³-hybridized carbons (Fsp3) is 0.211. The zero-order chi connectivity index (χ0) is 23.2. The molecule has 0 aliphatic heterocycles. The number of imidazole rings is 1. The number of aromatic hydroxyl groups is 1. The lowest BCUT2D eigenvalue weighted by atomic mass is 10.2. The van der Waals surface area contributed by atoms with Crippen molar-refractivity contribution in [1.29, 1.82) is 0 Å². The minimum Gasteiger partial charge on any atom is -0.493 e. The van der Waals surface area contributed by atoms with E-state index in [9.17, 15) is 23.1 Å². The molecule has 1 aromatic carbocycles. The van der Waals surface area contributed by atoms with Crippen LogP contribution in [0.1, 0.15) is 24.1 Å². The maximum absolute atomic E-state index is 13.0. The summed E-state index contributed by atoms with van der Waals surface area (Å²) < 4.78 is 40.3. The van der Waals surface area contributed by atoms with Crippen molar-refractivity contribution in [1.82, 2.24) is 29.5 Å². The van der Waals surface area contributed by atoms with Gasteiger partial charge < -0.3 is 10.1 Å². The van der Waals surface area contributed by atoms with Crippen LogP contribution < -0.4 is 27.4 Å². The Bertz CT molecular complexity index is 1520. The normalized spacial score (nSPS) is 15.4. The molecular formula is C19H16F3N9O2. The highest BCUT2D eigenvalue weighted by molar-refractivity contribution is 5.57. The van der Waals surface area contributed by atoms with Crippen LogP contribution in [0.4, 0.5) is 24.8 Å². The summed E-state index contributed by atoms with van der Waals surface area (Å²) in [6, 6.07) is 4.76. The maximum atomic E-state index is 13.0. The van der Waals surface area contributed by atoms with Gasteiger partial charge in [-0.05, 0) is 37.1 Å². The van der Waals surface area contributed by atoms with Gasteiger partial charge in [0.05, 0.1) is 23.5 Å². The van der Waals surface area contributed by atoms with Gasteiger partial charge in [-0.15, -0.1) is 0 Å². The van der Waals surface area contributed by atoms with Gasteiger partial charge in [0.1, 0.15) is 5.69 Å². The van der Waals surface area contributed by atoms with Gasteiger partial charge in [0.25, 0.3) is 5.62 Å². The summed E-state index contributed by atoms with van der Waals surface area (Å²) in [4.78, 5) is 29.2. The summed E-state index contributed by atoms with van der Waals surface area (Å²) in [6.07, 6.45) is 0.277. The number of hydrazine groups is 1. The third-order valence-electron chi connectivity index (χ3n) is 4.77. The van der Waals surface area contributed by atoms with Crippen molar-refractivity contribution in [2.75, 3.05) is 10.9 Å². The van der Waals surface area contributed by atoms with Crippen LogP contribution in [0.3, 0.4) is 0 Å². The minimum absolute atomic E-state index is 0.0428. The third-order valence-corrected chi connectivity index (χ3v) is 4.77. The van der Waals surface area contributed by atoms with E-state index in [2.05, 4.69) is 40.9 Å². The highest BCUT2D eigenvalue weighted by atomic mass is 19.4. The molecular weight excluding hydrogens is 443 g/mol. The molecule has 0 saturated heterocycles. The van der Waals surface area contributed by atoms with E-state index in [1.807, 2.05) is 0 Å². The van der Waals surface area contributed by atoms with E-state index in [1.165, 1.54) is 28.9 Å². The molecule has 1 aliphatic rings. The molecule has 0 bridgehead atoms. The van der Waals surface area contributed by atoms with E-state index in [1.54, 1.807) is 0 Å². The Hall–Kier alpha value is -4.36. The molecule has 0 atom stereocenters. The quantitative estimate of drug-likeness (QED) is 0.279. The minimum atomic E-state index is -4.48. The number of benzene rings is 1. The first-order valence-electron chi connectivity index (χ1n) is 9.78. The number of alkyl halides is 3. The van der Waals surface area contributed by atoms with Crippen molar-refractivity contribution in [2.45, 2.75) is 25.1 Å². The van der Waals surface area contributed by atoms with Crippen LogP contribution in [0.25, 0.3) is 11.7 Å². The van der Waals surface area contributed by atoms with Crippen molar-refractivity contribution in [3.63, 3.8) is 0 Å². The number of fused-ring (bicyclic) bond motifs is 1. The smallest absolute Gasteiger partial charge is 0.416 e. The lowest BCUT2D eigenvalue weighted by Crippen LogP contribution is -2.26. The molecule has 11 nitrogen and oxygen atoms in total. The van der Waals surface area contributed by atoms with E-state index < -0.39 is 17.4 Å². The summed E-state index contributed by atoms with van der Waals surface area (Å²) in [7, 11) is 0. The van der Waals surface area contributed by atoms with E-state index in [0.717, 1.165) is 25.0 Å². The number of H-pyrrole nitrogens is 2. The van der Waals surface area contributed by atoms with Crippen LogP contribution in [0.15, 0.2) is 40.2 Å². The number of rotatable bonds is 5. The predicted molar refractivity (Wildman–Crippen MR) is 110 cm³/mol. The van der Waals surface area contributed by atoms with E-state index in [4.69, 9.17) is 0 Å². The maximum Gasteiger partial charge on any atom is 0.416 e. The van der Waals surface area contributed by atoms with Gasteiger partial charge in [-0.2, -0.15) is 32.8 Å². The first-order valence-corrected chi connectivity index (χ1v) is 9.78. The summed E-state index contributed by atoms with van der Waals surface area (Å²) in [5.41, 5.74) is 4.81. The number of nitrogens with one attached hydrogen (secondary N) is 4. The lowest BCUT2D eigenvalue weighted by Gasteiger charge is -2.11. The zero-order valence-corrected chi connectivity index (χ0v) is 16.7. The Balaban J connectivity index is 1.54. The summed E-state index contributed by atoms with van der Waals surface area (Å²) in [5.74, 6) is -0.304. The largest absolute Gasteiger partial charge is 0.493 e. The molecule has 3 aromatic heterocycles. The molecule has 170 valence electrons. The monoisotopic (exact) mass is 459 g/mol. The molecule has 4 aromatic rings. The molecule has 1 fully saturated rings. The molecule has 33 heavy (non-hydrogen) atoms. The van der Waals surface area contributed by atoms with Crippen LogP contribution in [-0.4, -0.2) is 40.7 Å². The first-order chi connectivity index (χ1) is 15.8. The Morgan fingerprint density at radius 3 is 2.73 bits per heavy atom. The van der Waals surface area contributed by atoms with Crippen molar-refractivity contribution in [3.8, 4) is 5.88 Å². The van der Waals surface area contributed by atoms with Crippen LogP contribution in [0.5, 0.6) is 5.88 Å². The van der Waals surface area contributed by atoms with Gasteiger partial charge >= 0.3 is 11.9 Å². The second kappa shape index (κ2) is 7.65. The molecule has 0 spiro atoms. The number of hydrogen-bond donors (Lipinski definition) is 5. The standard InChI is InChI=1S/C19H16F3N9O2/c20-19(21,22)10-2-1-3-12(7-10)29-30-16-26-14-9(6-13-15(32)27-18(33)25-13)8-23-31(14)17(28-16)24-11-4-5-11/h1-3,6-8,11,29,32H,4-5H2,(H,24,28,30)(H2,25,27,33)/b9-6-. The Morgan fingerprint density at radius 2 is 2.03 bits per heavy atom. The van der Waals surface area contributed by atoms with Gasteiger partial charge in [0.15, 0.2) is 5.65 Å². The fourth-order valence-electron chi connectivity index (χ4n) is 3.04. The Kier molecular flexibility index (Phi) is 4.76. The van der Waals surface area contributed by atoms with Gasteiger partial charge in [0.2, 0.25) is 11.8 Å². The van der Waals surface area contributed by atoms with Gasteiger partial charge in [0, 0.05) is 5.22 Å². The van der Waals surface area contributed by atoms with E-state index in [-0.39, 0.29) is 34.9 Å². The number of aromatic nitrogens is 6. The SMILES string of the molecule is O=c1[nH]c(O)c(/C=c2/cnn3c(=NC4CC4)nc(NNc4cccc(C(F)(F)F)c4)nc23)[nH]1. The highest BCUT2D eigenvalue weighted by Crippen LogP contribution is 2.30. The number of halogens is 3. The topological polar surface area (TPSA) is 148 Å². The number of anilines is 2. The average molecular weight is 459 g/mol. The van der Waals surface area contributed by atoms with Crippen molar-refractivity contribution < 1.29 is 18.3 Å². The van der Waals surface area contributed by atoms with Crippen LogP contribution in [0.2, 0.25) is 0 Å². The summed E-state index contributed by atoms with van der Waals surface area (Å²) in [5, 5.41) is 14.5. The Morgan fingerprint density at radius 1 is 1.21 bits per heavy atom. The van der Waals surface area contributed by atoms with E-state index >= 15 is 0 Å². The van der Waals surface area contributed by atoms with Crippen molar-refractivity contribution in [3.05, 3.63) is 63.0 Å². The first kappa shape index (κ1) is 20.5. The van der Waals surface area contributed by atoms with Crippen molar-refractivity contribution >= 4 is 23.4 Å². The number of nitrogens with zero attached hydrogens (tertiary/aromatic N) is 5. The molecule has 3 heterocycles. The molecule has 1 aliphatic carbocycles. The lowest BCUT2D eigenvalue weighted by molar-refractivity contribution is -0.137. The molecule has 0 radical (unpaired) electrons. The fourth-order valence-corrected chi connectivity index (χ4v) is 3.04. The molecule has 5 N–H and O–H groups in total. The second-order valence-corrected chi connectivity index (χ2v) is 7.36. The summed E-state index contributed by atoms with van der Waals surface area (Å²) >= 11 is 0. The number of hydrogen-bond acceptors (Lipinski definition) is 8. The summed E-state index contributed by atoms with van der Waals surface area (Å²) in [6.45, 7) is 0. The van der Waals surface area contributed by atoms with E-state index in [0.29, 0.717) is 10.9 Å². The van der Waals surface area contributed by atoms with Crippen LogP contribution >= 0.6 is 0 Å². The predicted octanol–water partition coefficient (Wildman–Crippen LogP) is 0.915. The van der Waals surface area contributed by atoms with Gasteiger partial charge in [-0.1, -0.05) is 6.07 Å². The second-order valence-electron chi connectivity index (χ2n) is 7.36.